The molecule has 0 saturated carbocycles. The van der Waals surface area contributed by atoms with E-state index in [1.165, 1.54) is 67.6 Å². The molecule has 7 aromatic carbocycles. The molecular formula is C55H41F7O7. The first-order chi connectivity index (χ1) is 32.8. The minimum Gasteiger partial charge on any atom is -0.491 e. The zero-order valence-electron chi connectivity index (χ0n) is 37.8. The number of halogens is 7. The monoisotopic (exact) mass is 946 g/mol. The third kappa shape index (κ3) is 8.60. The largest absolute Gasteiger partial charge is 0.491 e. The van der Waals surface area contributed by atoms with Crippen molar-refractivity contribution in [1.29, 1.82) is 0 Å². The molecule has 1 aliphatic rings. The molecule has 69 heavy (non-hydrogen) atoms. The van der Waals surface area contributed by atoms with E-state index in [0.717, 1.165) is 18.6 Å². The zero-order chi connectivity index (χ0) is 49.7. The Balaban J connectivity index is 0.990. The summed E-state index contributed by atoms with van der Waals surface area (Å²) in [6.45, 7) is 9.94. The standard InChI is InChI=1S/C55H41F7O7/c1-7-28(2)66-34-24-16-32(17-25-34)55(39-11-9-8-10-38(39)53(65)69-55)33-18-26-37(27-19-33)68-52-48(61)45(58)41(46(59)49(52)62)51(64)31-14-22-36(23-15-31)67-35-20-12-30(13-21-35)50(63)40-43(56)29(3)42(54(4,5)6)47(60)44(40)57/h8-28H,7H2,1-6H3. The van der Waals surface area contributed by atoms with Crippen LogP contribution in [0, 0.1) is 47.6 Å². The predicted molar refractivity (Wildman–Crippen MR) is 241 cm³/mol. The van der Waals surface area contributed by atoms with Gasteiger partial charge in [-0.2, -0.15) is 8.78 Å². The summed E-state index contributed by atoms with van der Waals surface area (Å²) in [5, 5.41) is 0. The number of carbonyl (C=O) groups is 3. The van der Waals surface area contributed by atoms with Crippen LogP contribution < -0.4 is 14.2 Å². The molecule has 7 aromatic rings. The molecule has 2 unspecified atom stereocenters. The van der Waals surface area contributed by atoms with Crippen LogP contribution in [0.25, 0.3) is 0 Å². The summed E-state index contributed by atoms with van der Waals surface area (Å²) < 4.78 is 131. The van der Waals surface area contributed by atoms with Gasteiger partial charge in [-0.25, -0.2) is 26.7 Å². The van der Waals surface area contributed by atoms with Crippen LogP contribution in [0.4, 0.5) is 30.7 Å². The fourth-order valence-corrected chi connectivity index (χ4v) is 8.31. The highest BCUT2D eigenvalue weighted by atomic mass is 19.2. The molecule has 8 rings (SSSR count). The third-order valence-electron chi connectivity index (χ3n) is 11.9. The highest BCUT2D eigenvalue weighted by Gasteiger charge is 2.48. The quantitative estimate of drug-likeness (QED) is 0.0492. The van der Waals surface area contributed by atoms with Gasteiger partial charge in [0.2, 0.25) is 17.4 Å². The Hall–Kier alpha value is -7.74. The second-order valence-electron chi connectivity index (χ2n) is 17.4. The van der Waals surface area contributed by atoms with Crippen molar-refractivity contribution in [2.24, 2.45) is 0 Å². The van der Waals surface area contributed by atoms with Crippen molar-refractivity contribution in [3.63, 3.8) is 0 Å². The number of rotatable bonds is 13. The van der Waals surface area contributed by atoms with Gasteiger partial charge in [-0.3, -0.25) is 9.59 Å². The molecular weight excluding hydrogens is 906 g/mol. The Labute approximate surface area is 392 Å². The number of ether oxygens (including phenoxy) is 4. The lowest BCUT2D eigenvalue weighted by Gasteiger charge is -2.30. The van der Waals surface area contributed by atoms with Crippen molar-refractivity contribution < 1.29 is 64.1 Å². The number of hydrogen-bond acceptors (Lipinski definition) is 7. The third-order valence-corrected chi connectivity index (χ3v) is 11.9. The van der Waals surface area contributed by atoms with Gasteiger partial charge in [0.05, 0.1) is 17.2 Å². The first-order valence-electron chi connectivity index (χ1n) is 21.7. The van der Waals surface area contributed by atoms with Crippen LogP contribution in [-0.2, 0) is 15.8 Å². The van der Waals surface area contributed by atoms with E-state index in [2.05, 4.69) is 0 Å². The van der Waals surface area contributed by atoms with E-state index >= 15 is 30.7 Å². The number of carbonyl (C=O) groups excluding carboxylic acids is 3. The molecule has 0 aromatic heterocycles. The molecule has 7 nitrogen and oxygen atoms in total. The smallest absolute Gasteiger partial charge is 0.340 e. The van der Waals surface area contributed by atoms with Crippen LogP contribution in [0.1, 0.15) is 111 Å². The lowest BCUT2D eigenvalue weighted by Crippen LogP contribution is -2.29. The van der Waals surface area contributed by atoms with E-state index in [1.54, 1.807) is 69.3 Å². The summed E-state index contributed by atoms with van der Waals surface area (Å²) in [6, 6.07) is 28.9. The van der Waals surface area contributed by atoms with Gasteiger partial charge in [-0.1, -0.05) is 70.2 Å². The molecule has 0 radical (unpaired) electrons. The van der Waals surface area contributed by atoms with Crippen molar-refractivity contribution in [3.05, 3.63) is 218 Å². The van der Waals surface area contributed by atoms with Crippen LogP contribution in [0.15, 0.2) is 121 Å². The minimum atomic E-state index is -2.02. The molecule has 0 amide bonds. The number of benzene rings is 7. The molecule has 0 saturated heterocycles. The molecule has 0 bridgehead atoms. The Morgan fingerprint density at radius 2 is 1.01 bits per heavy atom. The van der Waals surface area contributed by atoms with Gasteiger partial charge in [0, 0.05) is 33.4 Å². The number of hydrogen-bond donors (Lipinski definition) is 0. The highest BCUT2D eigenvalue weighted by molar-refractivity contribution is 6.10. The van der Waals surface area contributed by atoms with Gasteiger partial charge < -0.3 is 18.9 Å². The van der Waals surface area contributed by atoms with Gasteiger partial charge >= 0.3 is 5.97 Å². The van der Waals surface area contributed by atoms with Gasteiger partial charge in [-0.05, 0) is 110 Å². The fourth-order valence-electron chi connectivity index (χ4n) is 8.31. The maximum Gasteiger partial charge on any atom is 0.340 e. The van der Waals surface area contributed by atoms with E-state index in [-0.39, 0.29) is 45.6 Å². The number of esters is 1. The molecule has 1 heterocycles. The summed E-state index contributed by atoms with van der Waals surface area (Å²) in [5.41, 5.74) is -4.12. The maximum atomic E-state index is 15.6. The second kappa shape index (κ2) is 18.4. The van der Waals surface area contributed by atoms with E-state index in [0.29, 0.717) is 28.0 Å². The molecule has 0 N–H and O–H groups in total. The van der Waals surface area contributed by atoms with E-state index in [1.807, 2.05) is 13.8 Å². The van der Waals surface area contributed by atoms with Gasteiger partial charge in [-0.15, -0.1) is 0 Å². The lowest BCUT2D eigenvalue weighted by molar-refractivity contribution is 0.0251. The summed E-state index contributed by atoms with van der Waals surface area (Å²) in [6.07, 6.45) is 0.729. The summed E-state index contributed by atoms with van der Waals surface area (Å²) in [5.74, 6) is -16.2. The number of ketones is 2. The van der Waals surface area contributed by atoms with E-state index < -0.39 is 86.1 Å². The van der Waals surface area contributed by atoms with Crippen LogP contribution >= 0.6 is 0 Å². The second-order valence-corrected chi connectivity index (χ2v) is 17.4. The highest BCUT2D eigenvalue weighted by Crippen LogP contribution is 2.48. The van der Waals surface area contributed by atoms with Crippen LogP contribution in [0.3, 0.4) is 0 Å². The van der Waals surface area contributed by atoms with Crippen molar-refractivity contribution in [1.82, 2.24) is 0 Å². The van der Waals surface area contributed by atoms with Crippen molar-refractivity contribution >= 4 is 17.5 Å². The molecule has 14 heteroatoms. The molecule has 352 valence electrons. The number of cyclic esters (lactones) is 1. The predicted octanol–water partition coefficient (Wildman–Crippen LogP) is 14.0. The minimum absolute atomic E-state index is 0.0485. The maximum absolute atomic E-state index is 15.6. The number of fused-ring (bicyclic) bond motifs is 1. The van der Waals surface area contributed by atoms with Crippen LogP contribution in [0.5, 0.6) is 28.7 Å². The molecule has 0 spiro atoms. The zero-order valence-corrected chi connectivity index (χ0v) is 37.8. The molecule has 1 aliphatic heterocycles. The normalized spacial score (nSPS) is 14.8. The van der Waals surface area contributed by atoms with Crippen molar-refractivity contribution in [3.8, 4) is 28.7 Å². The van der Waals surface area contributed by atoms with Crippen molar-refractivity contribution in [2.45, 2.75) is 65.1 Å². The Kier molecular flexibility index (Phi) is 12.7. The summed E-state index contributed by atoms with van der Waals surface area (Å²) >= 11 is 0. The first-order valence-corrected chi connectivity index (χ1v) is 21.7. The molecule has 2 atom stereocenters. The van der Waals surface area contributed by atoms with Crippen LogP contribution in [-0.4, -0.2) is 23.6 Å². The average Bonchev–Trinajstić information content (AvgIpc) is 3.64. The fraction of sp³-hybridized carbons (Fsp3) is 0.182. The van der Waals surface area contributed by atoms with Crippen LogP contribution in [0.2, 0.25) is 0 Å². The van der Waals surface area contributed by atoms with Gasteiger partial charge in [0.1, 0.15) is 34.4 Å². The molecule has 0 fully saturated rings. The summed E-state index contributed by atoms with van der Waals surface area (Å²) in [7, 11) is 0. The van der Waals surface area contributed by atoms with Gasteiger partial charge in [0.25, 0.3) is 0 Å². The lowest BCUT2D eigenvalue weighted by atomic mass is 9.80. The first kappa shape index (κ1) is 47.7. The SMILES string of the molecule is CCC(C)Oc1ccc(C2(c3ccc(Oc4c(F)c(F)c(C(=O)c5ccc(Oc6ccc(C(=O)c7c(F)c(C)c(C(C)(C)C)c(F)c7F)cc6)cc5)c(F)c4F)cc3)OC(=O)c3ccccc32)cc1. The Morgan fingerprint density at radius 3 is 1.51 bits per heavy atom. The van der Waals surface area contributed by atoms with E-state index in [4.69, 9.17) is 18.9 Å². The Morgan fingerprint density at radius 1 is 0.580 bits per heavy atom. The topological polar surface area (TPSA) is 88.1 Å². The average molecular weight is 947 g/mol. The van der Waals surface area contributed by atoms with Gasteiger partial charge in [0.15, 0.2) is 40.4 Å². The Bertz CT molecular complexity index is 3110. The van der Waals surface area contributed by atoms with E-state index in [9.17, 15) is 14.4 Å². The summed E-state index contributed by atoms with van der Waals surface area (Å²) in [4.78, 5) is 39.7. The molecule has 0 aliphatic carbocycles. The van der Waals surface area contributed by atoms with Crippen molar-refractivity contribution in [2.75, 3.05) is 0 Å².